The van der Waals surface area contributed by atoms with Gasteiger partial charge in [-0.1, -0.05) is 18.2 Å². The average Bonchev–Trinajstić information content (AvgIpc) is 2.32. The first-order valence-corrected chi connectivity index (χ1v) is 6.47. The maximum Gasteiger partial charge on any atom is 0.137 e. The maximum atomic E-state index is 11.9. The van der Waals surface area contributed by atoms with E-state index in [9.17, 15) is 4.79 Å². The number of hydrogen-bond acceptors (Lipinski definition) is 2. The van der Waals surface area contributed by atoms with Crippen LogP contribution in [-0.2, 0) is 16.0 Å². The standard InChI is InChI=1S/C16H24O2/c1-12-6-7-14(10-13(12)2)11-15(17)8-9-16(3,4)18-5/h6-7,10H,8-9,11H2,1-5H3. The van der Waals surface area contributed by atoms with E-state index < -0.39 is 0 Å². The van der Waals surface area contributed by atoms with E-state index in [0.717, 1.165) is 12.0 Å². The van der Waals surface area contributed by atoms with Gasteiger partial charge in [0.1, 0.15) is 5.78 Å². The lowest BCUT2D eigenvalue weighted by atomic mass is 9.96. The molecule has 0 aromatic heterocycles. The fourth-order valence-electron chi connectivity index (χ4n) is 1.77. The normalized spacial score (nSPS) is 11.6. The molecule has 0 radical (unpaired) electrons. The summed E-state index contributed by atoms with van der Waals surface area (Å²) >= 11 is 0. The first-order valence-electron chi connectivity index (χ1n) is 6.47. The molecule has 100 valence electrons. The third-order valence-electron chi connectivity index (χ3n) is 3.53. The van der Waals surface area contributed by atoms with Crippen LogP contribution in [0.5, 0.6) is 0 Å². The molecule has 0 amide bonds. The Morgan fingerprint density at radius 2 is 1.89 bits per heavy atom. The number of ketones is 1. The topological polar surface area (TPSA) is 26.3 Å². The highest BCUT2D eigenvalue weighted by Gasteiger charge is 2.18. The lowest BCUT2D eigenvalue weighted by molar-refractivity contribution is -0.119. The molecule has 0 aliphatic heterocycles. The predicted molar refractivity (Wildman–Crippen MR) is 74.9 cm³/mol. The summed E-state index contributed by atoms with van der Waals surface area (Å²) in [6, 6.07) is 6.23. The summed E-state index contributed by atoms with van der Waals surface area (Å²) in [4.78, 5) is 11.9. The molecule has 0 fully saturated rings. The van der Waals surface area contributed by atoms with Crippen molar-refractivity contribution in [1.29, 1.82) is 0 Å². The molecule has 18 heavy (non-hydrogen) atoms. The first-order chi connectivity index (χ1) is 8.34. The Labute approximate surface area is 110 Å². The van der Waals surface area contributed by atoms with Crippen LogP contribution in [0.1, 0.15) is 43.4 Å². The van der Waals surface area contributed by atoms with Gasteiger partial charge in [-0.2, -0.15) is 0 Å². The van der Waals surface area contributed by atoms with Gasteiger partial charge in [0.05, 0.1) is 5.60 Å². The number of rotatable bonds is 6. The quantitative estimate of drug-likeness (QED) is 0.768. The minimum atomic E-state index is -0.209. The van der Waals surface area contributed by atoms with Crippen molar-refractivity contribution in [3.63, 3.8) is 0 Å². The molecule has 1 aromatic carbocycles. The minimum Gasteiger partial charge on any atom is -0.379 e. The fraction of sp³-hybridized carbons (Fsp3) is 0.562. The van der Waals surface area contributed by atoms with Crippen LogP contribution in [0.4, 0.5) is 0 Å². The zero-order chi connectivity index (χ0) is 13.8. The van der Waals surface area contributed by atoms with Gasteiger partial charge in [0.25, 0.3) is 0 Å². The number of carbonyl (C=O) groups is 1. The van der Waals surface area contributed by atoms with Crippen LogP contribution in [0, 0.1) is 13.8 Å². The number of hydrogen-bond donors (Lipinski definition) is 0. The van der Waals surface area contributed by atoms with Gasteiger partial charge in [-0.25, -0.2) is 0 Å². The Hall–Kier alpha value is -1.15. The molecule has 1 rings (SSSR count). The van der Waals surface area contributed by atoms with E-state index in [-0.39, 0.29) is 11.4 Å². The van der Waals surface area contributed by atoms with E-state index >= 15 is 0 Å². The highest BCUT2D eigenvalue weighted by Crippen LogP contribution is 2.17. The van der Waals surface area contributed by atoms with Crippen LogP contribution >= 0.6 is 0 Å². The van der Waals surface area contributed by atoms with Gasteiger partial charge >= 0.3 is 0 Å². The Bertz CT molecular complexity index is 419. The van der Waals surface area contributed by atoms with Gasteiger partial charge in [-0.05, 0) is 50.8 Å². The van der Waals surface area contributed by atoms with E-state index in [1.165, 1.54) is 11.1 Å². The summed E-state index contributed by atoms with van der Waals surface area (Å²) in [5.74, 6) is 0.281. The van der Waals surface area contributed by atoms with Crippen molar-refractivity contribution < 1.29 is 9.53 Å². The van der Waals surface area contributed by atoms with Crippen LogP contribution < -0.4 is 0 Å². The zero-order valence-corrected chi connectivity index (χ0v) is 12.2. The molecule has 0 spiro atoms. The molecule has 0 atom stereocenters. The molecule has 0 N–H and O–H groups in total. The van der Waals surface area contributed by atoms with E-state index in [4.69, 9.17) is 4.74 Å². The minimum absolute atomic E-state index is 0.209. The van der Waals surface area contributed by atoms with Crippen LogP contribution in [0.3, 0.4) is 0 Å². The summed E-state index contributed by atoms with van der Waals surface area (Å²) in [5.41, 5.74) is 3.42. The summed E-state index contributed by atoms with van der Waals surface area (Å²) in [7, 11) is 1.69. The molecule has 0 saturated heterocycles. The Kier molecular flexibility index (Phi) is 5.09. The van der Waals surface area contributed by atoms with Crippen LogP contribution in [0.25, 0.3) is 0 Å². The van der Waals surface area contributed by atoms with Crippen molar-refractivity contribution in [2.24, 2.45) is 0 Å². The third kappa shape index (κ3) is 4.61. The lowest BCUT2D eigenvalue weighted by Crippen LogP contribution is -2.23. The molecule has 0 saturated carbocycles. The van der Waals surface area contributed by atoms with Gasteiger partial charge < -0.3 is 4.74 Å². The average molecular weight is 248 g/mol. The second-order valence-corrected chi connectivity index (χ2v) is 5.60. The van der Waals surface area contributed by atoms with Crippen LogP contribution in [0.2, 0.25) is 0 Å². The van der Waals surface area contributed by atoms with Gasteiger partial charge in [-0.3, -0.25) is 4.79 Å². The van der Waals surface area contributed by atoms with E-state index in [1.54, 1.807) is 7.11 Å². The second kappa shape index (κ2) is 6.14. The maximum absolute atomic E-state index is 11.9. The van der Waals surface area contributed by atoms with Crippen molar-refractivity contribution in [3.8, 4) is 0 Å². The molecule has 2 nitrogen and oxygen atoms in total. The molecular formula is C16H24O2. The monoisotopic (exact) mass is 248 g/mol. The van der Waals surface area contributed by atoms with Crippen molar-refractivity contribution >= 4 is 5.78 Å². The first kappa shape index (κ1) is 14.9. The van der Waals surface area contributed by atoms with Gasteiger partial charge in [0.15, 0.2) is 0 Å². The van der Waals surface area contributed by atoms with Gasteiger partial charge in [0, 0.05) is 20.0 Å². The highest BCUT2D eigenvalue weighted by molar-refractivity contribution is 5.81. The zero-order valence-electron chi connectivity index (χ0n) is 12.2. The fourth-order valence-corrected chi connectivity index (χ4v) is 1.77. The highest BCUT2D eigenvalue weighted by atomic mass is 16.5. The Morgan fingerprint density at radius 1 is 1.22 bits per heavy atom. The molecule has 0 bridgehead atoms. The molecule has 1 aromatic rings. The summed E-state index contributed by atoms with van der Waals surface area (Å²) in [5, 5.41) is 0. The molecule has 0 unspecified atom stereocenters. The second-order valence-electron chi connectivity index (χ2n) is 5.60. The predicted octanol–water partition coefficient (Wildman–Crippen LogP) is 3.62. The van der Waals surface area contributed by atoms with Crippen LogP contribution in [0.15, 0.2) is 18.2 Å². The molecule has 0 aliphatic carbocycles. The number of ether oxygens (including phenoxy) is 1. The number of aryl methyl sites for hydroxylation is 2. The van der Waals surface area contributed by atoms with Crippen molar-refractivity contribution in [2.45, 2.75) is 52.6 Å². The van der Waals surface area contributed by atoms with Crippen molar-refractivity contribution in [3.05, 3.63) is 34.9 Å². The summed E-state index contributed by atoms with van der Waals surface area (Å²) in [6.45, 7) is 8.19. The number of methoxy groups -OCH3 is 1. The largest absolute Gasteiger partial charge is 0.379 e. The van der Waals surface area contributed by atoms with E-state index in [2.05, 4.69) is 26.0 Å². The van der Waals surface area contributed by atoms with E-state index in [1.807, 2.05) is 19.9 Å². The SMILES string of the molecule is COC(C)(C)CCC(=O)Cc1ccc(C)c(C)c1. The molecule has 0 heterocycles. The Morgan fingerprint density at radius 3 is 2.44 bits per heavy atom. The summed E-state index contributed by atoms with van der Waals surface area (Å²) in [6.07, 6.45) is 1.88. The van der Waals surface area contributed by atoms with E-state index in [0.29, 0.717) is 12.8 Å². The molecular weight excluding hydrogens is 224 g/mol. The molecule has 0 aliphatic rings. The third-order valence-corrected chi connectivity index (χ3v) is 3.53. The molecule has 2 heteroatoms. The van der Waals surface area contributed by atoms with Crippen molar-refractivity contribution in [1.82, 2.24) is 0 Å². The van der Waals surface area contributed by atoms with Gasteiger partial charge in [0.2, 0.25) is 0 Å². The lowest BCUT2D eigenvalue weighted by Gasteiger charge is -2.22. The number of benzene rings is 1. The summed E-state index contributed by atoms with van der Waals surface area (Å²) < 4.78 is 5.32. The smallest absolute Gasteiger partial charge is 0.137 e. The van der Waals surface area contributed by atoms with Crippen molar-refractivity contribution in [2.75, 3.05) is 7.11 Å². The van der Waals surface area contributed by atoms with Crippen LogP contribution in [-0.4, -0.2) is 18.5 Å². The number of Topliss-reactive ketones (excluding diaryl/α,β-unsaturated/α-hetero) is 1. The Balaban J connectivity index is 2.52. The van der Waals surface area contributed by atoms with Gasteiger partial charge in [-0.15, -0.1) is 0 Å². The number of carbonyl (C=O) groups excluding carboxylic acids is 1.